The van der Waals surface area contributed by atoms with Crippen LogP contribution in [0.3, 0.4) is 0 Å². The van der Waals surface area contributed by atoms with Crippen LogP contribution in [0.1, 0.15) is 24.3 Å². The second kappa shape index (κ2) is 7.14. The van der Waals surface area contributed by atoms with Crippen molar-refractivity contribution in [1.29, 1.82) is 0 Å². The second-order valence-electron chi connectivity index (χ2n) is 5.92. The van der Waals surface area contributed by atoms with Gasteiger partial charge in [-0.2, -0.15) is 11.8 Å². The van der Waals surface area contributed by atoms with Gasteiger partial charge in [0.25, 0.3) is 0 Å². The molecule has 0 amide bonds. The molecule has 1 fully saturated rings. The number of nitrogens with zero attached hydrogens (tertiary/aromatic N) is 1. The topological polar surface area (TPSA) is 15.3 Å². The van der Waals surface area contributed by atoms with Gasteiger partial charge in [0.1, 0.15) is 0 Å². The lowest BCUT2D eigenvalue weighted by atomic mass is 10.1. The first-order valence-corrected chi connectivity index (χ1v) is 9.74. The molecule has 0 saturated carbocycles. The third-order valence-electron chi connectivity index (χ3n) is 3.94. The van der Waals surface area contributed by atoms with Crippen LogP contribution >= 0.6 is 23.1 Å². The van der Waals surface area contributed by atoms with Crippen LogP contribution in [0.15, 0.2) is 24.3 Å². The van der Waals surface area contributed by atoms with Crippen molar-refractivity contribution in [2.75, 3.05) is 24.6 Å². The molecule has 1 aliphatic heterocycles. The van der Waals surface area contributed by atoms with Crippen molar-refractivity contribution in [1.82, 2.24) is 10.2 Å². The Kier molecular flexibility index (Phi) is 5.22. The van der Waals surface area contributed by atoms with Crippen LogP contribution in [-0.4, -0.2) is 35.5 Å². The van der Waals surface area contributed by atoms with Crippen LogP contribution < -0.4 is 5.32 Å². The van der Waals surface area contributed by atoms with Gasteiger partial charge in [-0.05, 0) is 17.0 Å². The maximum atomic E-state index is 3.59. The van der Waals surface area contributed by atoms with Crippen LogP contribution in [0, 0.1) is 0 Å². The zero-order valence-corrected chi connectivity index (χ0v) is 14.5. The van der Waals surface area contributed by atoms with E-state index in [2.05, 4.69) is 60.1 Å². The minimum absolute atomic E-state index is 0.537. The zero-order chi connectivity index (χ0) is 14.7. The largest absolute Gasteiger partial charge is 0.310 e. The van der Waals surface area contributed by atoms with Crippen LogP contribution in [0.25, 0.3) is 10.1 Å². The molecule has 0 atom stereocenters. The number of thioether (sulfide) groups is 1. The minimum atomic E-state index is 0.537. The van der Waals surface area contributed by atoms with Crippen molar-refractivity contribution in [2.45, 2.75) is 33.0 Å². The highest BCUT2D eigenvalue weighted by Gasteiger charge is 2.17. The van der Waals surface area contributed by atoms with Crippen molar-refractivity contribution in [3.63, 3.8) is 0 Å². The Labute approximate surface area is 135 Å². The summed E-state index contributed by atoms with van der Waals surface area (Å²) in [5, 5.41) is 5.05. The van der Waals surface area contributed by atoms with Crippen molar-refractivity contribution in [2.24, 2.45) is 0 Å². The van der Waals surface area contributed by atoms with Gasteiger partial charge in [-0.15, -0.1) is 11.3 Å². The maximum Gasteiger partial charge on any atom is 0.0349 e. The molecule has 21 heavy (non-hydrogen) atoms. The normalized spacial score (nSPS) is 16.9. The van der Waals surface area contributed by atoms with Gasteiger partial charge < -0.3 is 5.32 Å². The predicted molar refractivity (Wildman–Crippen MR) is 96.4 cm³/mol. The average molecular weight is 321 g/mol. The summed E-state index contributed by atoms with van der Waals surface area (Å²) >= 11 is 4.04. The highest BCUT2D eigenvalue weighted by molar-refractivity contribution is 7.99. The Morgan fingerprint density at radius 1 is 1.19 bits per heavy atom. The van der Waals surface area contributed by atoms with Gasteiger partial charge >= 0.3 is 0 Å². The summed E-state index contributed by atoms with van der Waals surface area (Å²) < 4.78 is 1.43. The molecule has 4 heteroatoms. The summed E-state index contributed by atoms with van der Waals surface area (Å²) in [5.74, 6) is 2.56. The van der Waals surface area contributed by atoms with Crippen LogP contribution in [0.2, 0.25) is 0 Å². The molecule has 2 nitrogen and oxygen atoms in total. The van der Waals surface area contributed by atoms with Gasteiger partial charge in [0.05, 0.1) is 0 Å². The molecule has 0 bridgehead atoms. The van der Waals surface area contributed by atoms with Crippen molar-refractivity contribution in [3.05, 3.63) is 34.7 Å². The third-order valence-corrected chi connectivity index (χ3v) is 6.09. The molecule has 2 heterocycles. The molecule has 1 aromatic heterocycles. The SMILES string of the molecule is CC(C)NCc1sc2ccccc2c1CN1CCSCC1. The standard InChI is InChI=1S/C17H24N2S2/c1-13(2)18-11-17-15(12-19-7-9-20-10-8-19)14-5-3-4-6-16(14)21-17/h3-6,13,18H,7-12H2,1-2H3. The average Bonchev–Trinajstić information content (AvgIpc) is 2.84. The monoisotopic (exact) mass is 320 g/mol. The predicted octanol–water partition coefficient (Wildman–Crippen LogP) is 3.95. The van der Waals surface area contributed by atoms with Gasteiger partial charge in [-0.25, -0.2) is 0 Å². The van der Waals surface area contributed by atoms with E-state index in [0.29, 0.717) is 6.04 Å². The van der Waals surface area contributed by atoms with Gasteiger partial charge in [0, 0.05) is 53.3 Å². The van der Waals surface area contributed by atoms with Crippen LogP contribution in [0.5, 0.6) is 0 Å². The van der Waals surface area contributed by atoms with Gasteiger partial charge in [-0.1, -0.05) is 32.0 Å². The zero-order valence-electron chi connectivity index (χ0n) is 12.9. The summed E-state index contributed by atoms with van der Waals surface area (Å²) in [4.78, 5) is 4.13. The fourth-order valence-corrected chi connectivity index (χ4v) is 4.89. The minimum Gasteiger partial charge on any atom is -0.310 e. The third kappa shape index (κ3) is 3.81. The Morgan fingerprint density at radius 3 is 2.71 bits per heavy atom. The highest BCUT2D eigenvalue weighted by Crippen LogP contribution is 2.32. The van der Waals surface area contributed by atoms with E-state index in [0.717, 1.165) is 13.1 Å². The van der Waals surface area contributed by atoms with E-state index in [4.69, 9.17) is 0 Å². The molecular formula is C17H24N2S2. The van der Waals surface area contributed by atoms with E-state index in [1.54, 1.807) is 5.56 Å². The van der Waals surface area contributed by atoms with Crippen molar-refractivity contribution < 1.29 is 0 Å². The maximum absolute atomic E-state index is 3.59. The number of rotatable bonds is 5. The van der Waals surface area contributed by atoms with Crippen molar-refractivity contribution in [3.8, 4) is 0 Å². The number of nitrogens with one attached hydrogen (secondary N) is 1. The van der Waals surface area contributed by atoms with Crippen LogP contribution in [-0.2, 0) is 13.1 Å². The molecule has 3 rings (SSSR count). The van der Waals surface area contributed by atoms with E-state index in [1.165, 1.54) is 39.6 Å². The number of hydrogen-bond acceptors (Lipinski definition) is 4. The van der Waals surface area contributed by atoms with E-state index in [9.17, 15) is 0 Å². The lowest BCUT2D eigenvalue weighted by Gasteiger charge is -2.26. The Balaban J connectivity index is 1.87. The molecule has 114 valence electrons. The van der Waals surface area contributed by atoms with E-state index in [1.807, 2.05) is 11.3 Å². The lowest BCUT2D eigenvalue weighted by Crippen LogP contribution is -2.32. The molecule has 0 radical (unpaired) electrons. The van der Waals surface area contributed by atoms with Crippen molar-refractivity contribution >= 4 is 33.2 Å². The smallest absolute Gasteiger partial charge is 0.0349 e. The Hall–Kier alpha value is -0.550. The number of fused-ring (bicyclic) bond motifs is 1. The second-order valence-corrected chi connectivity index (χ2v) is 8.29. The van der Waals surface area contributed by atoms with E-state index in [-0.39, 0.29) is 0 Å². The fraction of sp³-hybridized carbons (Fsp3) is 0.529. The van der Waals surface area contributed by atoms with E-state index < -0.39 is 0 Å². The molecule has 2 aromatic rings. The summed E-state index contributed by atoms with van der Waals surface area (Å²) in [6.07, 6.45) is 0. The van der Waals surface area contributed by atoms with Gasteiger partial charge in [0.15, 0.2) is 0 Å². The number of thiophene rings is 1. The molecule has 1 N–H and O–H groups in total. The molecule has 0 unspecified atom stereocenters. The summed E-state index contributed by atoms with van der Waals surface area (Å²) in [7, 11) is 0. The summed E-state index contributed by atoms with van der Waals surface area (Å²) in [6, 6.07) is 9.41. The molecular weight excluding hydrogens is 296 g/mol. The van der Waals surface area contributed by atoms with Gasteiger partial charge in [-0.3, -0.25) is 4.90 Å². The molecule has 1 aliphatic rings. The van der Waals surface area contributed by atoms with E-state index >= 15 is 0 Å². The molecule has 1 aromatic carbocycles. The van der Waals surface area contributed by atoms with Gasteiger partial charge in [0.2, 0.25) is 0 Å². The first-order valence-electron chi connectivity index (χ1n) is 7.77. The fourth-order valence-electron chi connectivity index (χ4n) is 2.75. The lowest BCUT2D eigenvalue weighted by molar-refractivity contribution is 0.295. The number of hydrogen-bond donors (Lipinski definition) is 1. The van der Waals surface area contributed by atoms with Crippen LogP contribution in [0.4, 0.5) is 0 Å². The first kappa shape index (κ1) is 15.3. The summed E-state index contributed by atoms with van der Waals surface area (Å²) in [6.45, 7) is 9.00. The summed E-state index contributed by atoms with van der Waals surface area (Å²) in [5.41, 5.74) is 1.55. The first-order chi connectivity index (χ1) is 10.2. The highest BCUT2D eigenvalue weighted by atomic mass is 32.2. The Bertz CT molecular complexity index is 585. The molecule has 0 spiro atoms. The molecule has 1 saturated heterocycles. The quantitative estimate of drug-likeness (QED) is 0.898. The number of benzene rings is 1. The molecule has 0 aliphatic carbocycles. The Morgan fingerprint density at radius 2 is 1.95 bits per heavy atom.